The van der Waals surface area contributed by atoms with Crippen molar-refractivity contribution < 1.29 is 9.50 Å². The van der Waals surface area contributed by atoms with Crippen molar-refractivity contribution in [2.24, 2.45) is 17.5 Å². The third kappa shape index (κ3) is 4.81. The Labute approximate surface area is 177 Å². The van der Waals surface area contributed by atoms with Crippen LogP contribution in [0.25, 0.3) is 11.1 Å². The predicted octanol–water partition coefficient (Wildman–Crippen LogP) is 2.49. The van der Waals surface area contributed by atoms with Crippen molar-refractivity contribution in [3.05, 3.63) is 77.5 Å². The highest BCUT2D eigenvalue weighted by Gasteiger charge is 2.27. The van der Waals surface area contributed by atoms with E-state index in [1.807, 2.05) is 42.2 Å². The Morgan fingerprint density at radius 2 is 2.07 bits per heavy atom. The number of halogens is 1. The average molecular weight is 412 g/mol. The van der Waals surface area contributed by atoms with Gasteiger partial charge in [-0.1, -0.05) is 30.8 Å². The first-order chi connectivity index (χ1) is 14.5. The number of anilines is 1. The summed E-state index contributed by atoms with van der Waals surface area (Å²) in [5, 5.41) is 12.7. The molecule has 2 aromatic rings. The Morgan fingerprint density at radius 1 is 1.33 bits per heavy atom. The van der Waals surface area contributed by atoms with E-state index in [2.05, 4.69) is 17.3 Å². The second kappa shape index (κ2) is 9.75. The summed E-state index contributed by atoms with van der Waals surface area (Å²) in [5.41, 5.74) is 13.9. The van der Waals surface area contributed by atoms with Crippen LogP contribution < -0.4 is 27.2 Å². The smallest absolute Gasteiger partial charge is 0.133 e. The van der Waals surface area contributed by atoms with E-state index in [-0.39, 0.29) is 18.3 Å². The third-order valence-corrected chi connectivity index (χ3v) is 5.48. The molecule has 0 aliphatic carbocycles. The van der Waals surface area contributed by atoms with Crippen molar-refractivity contribution in [2.75, 3.05) is 24.6 Å². The Kier molecular flexibility index (Phi) is 7.10. The highest BCUT2D eigenvalue weighted by atomic mass is 19.1. The van der Waals surface area contributed by atoms with E-state index in [1.54, 1.807) is 6.07 Å². The van der Waals surface area contributed by atoms with Crippen LogP contribution in [0.3, 0.4) is 0 Å². The molecule has 0 spiro atoms. The minimum atomic E-state index is -0.270. The maximum atomic E-state index is 15.0. The van der Waals surface area contributed by atoms with Crippen LogP contribution in [-0.4, -0.2) is 24.8 Å². The molecule has 30 heavy (non-hydrogen) atoms. The predicted molar refractivity (Wildman–Crippen MR) is 120 cm³/mol. The molecule has 1 atom stereocenters. The number of aliphatic hydroxyl groups is 1. The van der Waals surface area contributed by atoms with E-state index >= 15 is 0 Å². The van der Waals surface area contributed by atoms with Gasteiger partial charge in [0.15, 0.2) is 0 Å². The first-order valence-corrected chi connectivity index (χ1v) is 10.0. The number of allylic oxidation sites excluding steroid dienone is 1. The molecule has 1 aliphatic heterocycles. The first-order valence-electron chi connectivity index (χ1n) is 10.0. The van der Waals surface area contributed by atoms with Gasteiger partial charge < -0.3 is 26.5 Å². The van der Waals surface area contributed by atoms with Crippen molar-refractivity contribution >= 4 is 5.69 Å². The van der Waals surface area contributed by atoms with E-state index in [0.29, 0.717) is 30.9 Å². The van der Waals surface area contributed by atoms with Crippen molar-refractivity contribution in [1.29, 1.82) is 0 Å². The van der Waals surface area contributed by atoms with Crippen molar-refractivity contribution in [3.8, 4) is 11.1 Å². The first kappa shape index (κ1) is 21.8. The Balaban J connectivity index is 1.73. The van der Waals surface area contributed by atoms with E-state index in [1.165, 1.54) is 6.20 Å². The third-order valence-electron chi connectivity index (χ3n) is 5.48. The molecule has 6 nitrogen and oxygen atoms in total. The topological polar surface area (TPSA) is 99.6 Å². The number of aliphatic hydroxyl groups excluding tert-OH is 1. The summed E-state index contributed by atoms with van der Waals surface area (Å²) < 4.78 is 15.0. The van der Waals surface area contributed by atoms with Crippen molar-refractivity contribution in [2.45, 2.75) is 19.9 Å². The summed E-state index contributed by atoms with van der Waals surface area (Å²) in [6, 6.07) is 11.2. The summed E-state index contributed by atoms with van der Waals surface area (Å²) in [7, 11) is 0. The molecule has 1 unspecified atom stereocenters. The summed E-state index contributed by atoms with van der Waals surface area (Å²) >= 11 is 0. The van der Waals surface area contributed by atoms with Crippen molar-refractivity contribution in [3.63, 3.8) is 0 Å². The summed E-state index contributed by atoms with van der Waals surface area (Å²) in [6.45, 7) is 8.01. The van der Waals surface area contributed by atoms with Gasteiger partial charge >= 0.3 is 0 Å². The van der Waals surface area contributed by atoms with E-state index in [9.17, 15) is 9.50 Å². The number of benzene rings is 2. The molecule has 0 bridgehead atoms. The van der Waals surface area contributed by atoms with Crippen LogP contribution in [0.2, 0.25) is 0 Å². The molecule has 1 aliphatic rings. The fourth-order valence-electron chi connectivity index (χ4n) is 3.77. The number of aryl methyl sites for hydroxylation is 1. The highest BCUT2D eigenvalue weighted by Crippen LogP contribution is 2.36. The number of nitrogens with one attached hydrogen (secondary N) is 2. The maximum Gasteiger partial charge on any atom is 0.133 e. The van der Waals surface area contributed by atoms with Gasteiger partial charge in [0, 0.05) is 55.3 Å². The molecule has 0 saturated carbocycles. The number of nitrogens with two attached hydrogens (primary N) is 2. The maximum absolute atomic E-state index is 15.0. The zero-order valence-corrected chi connectivity index (χ0v) is 17.3. The van der Waals surface area contributed by atoms with Crippen LogP contribution in [0.15, 0.2) is 60.6 Å². The molecule has 0 amide bonds. The van der Waals surface area contributed by atoms with Gasteiger partial charge in [0.2, 0.25) is 0 Å². The van der Waals surface area contributed by atoms with Gasteiger partial charge in [0.25, 0.3) is 0 Å². The average Bonchev–Trinajstić information content (AvgIpc) is 3.13. The van der Waals surface area contributed by atoms with E-state index in [0.717, 1.165) is 34.5 Å². The Bertz CT molecular complexity index is 926. The molecular weight excluding hydrogens is 381 g/mol. The van der Waals surface area contributed by atoms with Gasteiger partial charge in [-0.3, -0.25) is 5.84 Å². The van der Waals surface area contributed by atoms with Gasteiger partial charge in [0.05, 0.1) is 5.70 Å². The summed E-state index contributed by atoms with van der Waals surface area (Å²) in [5.74, 6) is 5.23. The summed E-state index contributed by atoms with van der Waals surface area (Å²) in [4.78, 5) is 2.01. The fraction of sp³-hybridized carbons (Fsp3) is 0.304. The SMILES string of the molecule is C=C1CC(CO)CN1c1cc(F)c(-c2ccc(CNC/C(=C/N)NN)cc2)cc1C. The van der Waals surface area contributed by atoms with Crippen LogP contribution in [0, 0.1) is 18.7 Å². The lowest BCUT2D eigenvalue weighted by Gasteiger charge is -2.23. The largest absolute Gasteiger partial charge is 0.403 e. The lowest BCUT2D eigenvalue weighted by molar-refractivity contribution is 0.240. The molecule has 160 valence electrons. The molecule has 1 saturated heterocycles. The van der Waals surface area contributed by atoms with Crippen LogP contribution in [0.4, 0.5) is 10.1 Å². The number of hydrogen-bond acceptors (Lipinski definition) is 6. The minimum Gasteiger partial charge on any atom is -0.403 e. The molecule has 1 fully saturated rings. The number of hydrogen-bond donors (Lipinski definition) is 5. The lowest BCUT2D eigenvalue weighted by Crippen LogP contribution is -2.30. The van der Waals surface area contributed by atoms with Crippen LogP contribution in [0.5, 0.6) is 0 Å². The van der Waals surface area contributed by atoms with Crippen LogP contribution >= 0.6 is 0 Å². The van der Waals surface area contributed by atoms with E-state index < -0.39 is 0 Å². The fourth-order valence-corrected chi connectivity index (χ4v) is 3.77. The second-order valence-corrected chi connectivity index (χ2v) is 7.68. The van der Waals surface area contributed by atoms with Gasteiger partial charge in [-0.2, -0.15) is 0 Å². The normalized spacial score (nSPS) is 16.9. The molecule has 7 N–H and O–H groups in total. The van der Waals surface area contributed by atoms with Crippen molar-refractivity contribution in [1.82, 2.24) is 10.7 Å². The molecule has 1 heterocycles. The number of hydrazine groups is 1. The van der Waals surface area contributed by atoms with Gasteiger partial charge in [-0.25, -0.2) is 4.39 Å². The van der Waals surface area contributed by atoms with E-state index in [4.69, 9.17) is 11.6 Å². The zero-order valence-electron chi connectivity index (χ0n) is 17.3. The number of rotatable bonds is 8. The molecule has 2 aromatic carbocycles. The minimum absolute atomic E-state index is 0.114. The molecule has 0 aromatic heterocycles. The molecular formula is C23H30FN5O. The second-order valence-electron chi connectivity index (χ2n) is 7.68. The van der Waals surface area contributed by atoms with Crippen LogP contribution in [0.1, 0.15) is 17.5 Å². The quantitative estimate of drug-likeness (QED) is 0.338. The zero-order chi connectivity index (χ0) is 21.7. The Hall–Kier alpha value is -2.87. The molecule has 0 radical (unpaired) electrons. The highest BCUT2D eigenvalue weighted by molar-refractivity contribution is 5.71. The standard InChI is InChI=1S/C23H30FN5O/c1-15-7-21(22(24)9-23(15)29-13-18(14-30)8-16(29)2)19-5-3-17(4-6-19)11-27-12-20(10-25)28-26/h3-7,9-10,18,27-28,30H,2,8,11-14,25-26H2,1H3/b20-10-. The lowest BCUT2D eigenvalue weighted by atomic mass is 10.00. The molecule has 3 rings (SSSR count). The molecule has 7 heteroatoms. The Morgan fingerprint density at radius 3 is 2.67 bits per heavy atom. The van der Waals surface area contributed by atoms with Crippen LogP contribution in [-0.2, 0) is 6.54 Å². The van der Waals surface area contributed by atoms with Gasteiger partial charge in [-0.15, -0.1) is 0 Å². The monoisotopic (exact) mass is 411 g/mol. The van der Waals surface area contributed by atoms with Gasteiger partial charge in [0.1, 0.15) is 5.82 Å². The van der Waals surface area contributed by atoms with Gasteiger partial charge in [-0.05, 0) is 42.2 Å². The summed E-state index contributed by atoms with van der Waals surface area (Å²) in [6.07, 6.45) is 2.16. The number of nitrogens with zero attached hydrogens (tertiary/aromatic N) is 1.